The van der Waals surface area contributed by atoms with Gasteiger partial charge in [-0.1, -0.05) is 37.5 Å². The molecule has 0 radical (unpaired) electrons. The predicted octanol–water partition coefficient (Wildman–Crippen LogP) is 3.34. The van der Waals surface area contributed by atoms with E-state index in [1.165, 1.54) is 23.5 Å². The van der Waals surface area contributed by atoms with Crippen molar-refractivity contribution in [3.8, 4) is 5.75 Å². The molecule has 0 bridgehead atoms. The summed E-state index contributed by atoms with van der Waals surface area (Å²) in [4.78, 5) is 14.0. The van der Waals surface area contributed by atoms with Crippen LogP contribution in [0, 0.1) is 0 Å². The highest BCUT2D eigenvalue weighted by atomic mass is 32.2. The highest BCUT2D eigenvalue weighted by Crippen LogP contribution is 2.21. The molecule has 0 heterocycles. The number of amides is 1. The van der Waals surface area contributed by atoms with Crippen molar-refractivity contribution >= 4 is 21.6 Å². The number of hydrogen-bond acceptors (Lipinski definition) is 4. The average molecular weight is 403 g/mol. The van der Waals surface area contributed by atoms with E-state index in [0.717, 1.165) is 31.4 Å². The molecule has 1 amide bonds. The van der Waals surface area contributed by atoms with Crippen LogP contribution in [0.4, 0.5) is 5.69 Å². The summed E-state index contributed by atoms with van der Waals surface area (Å²) in [5, 5.41) is 0. The maximum absolute atomic E-state index is 12.5. The van der Waals surface area contributed by atoms with Crippen molar-refractivity contribution in [2.45, 2.75) is 43.0 Å². The predicted molar refractivity (Wildman–Crippen MR) is 109 cm³/mol. The number of rotatable bonds is 7. The first-order valence-corrected chi connectivity index (χ1v) is 11.0. The van der Waals surface area contributed by atoms with Crippen LogP contribution in [0.3, 0.4) is 0 Å². The average Bonchev–Trinajstić information content (AvgIpc) is 2.73. The standard InChI is InChI=1S/C21H26N2O4S/c1-23(18-10-6-3-7-11-18)21(24)16-27-19-12-14-20(15-13-19)28(25,26)22-17-8-4-2-5-9-17/h3,6-7,10-15,17,22H,2,4-5,8-9,16H2,1H3. The van der Waals surface area contributed by atoms with Crippen LogP contribution in [-0.2, 0) is 14.8 Å². The minimum Gasteiger partial charge on any atom is -0.484 e. The zero-order valence-electron chi connectivity index (χ0n) is 16.0. The van der Waals surface area contributed by atoms with Crippen LogP contribution in [0.2, 0.25) is 0 Å². The van der Waals surface area contributed by atoms with Gasteiger partial charge in [0.05, 0.1) is 4.90 Å². The minimum absolute atomic E-state index is 0.0146. The molecule has 2 aromatic rings. The van der Waals surface area contributed by atoms with Crippen molar-refractivity contribution in [3.63, 3.8) is 0 Å². The Labute approximate surface area is 166 Å². The monoisotopic (exact) mass is 402 g/mol. The van der Waals surface area contributed by atoms with Crippen molar-refractivity contribution in [1.82, 2.24) is 4.72 Å². The van der Waals surface area contributed by atoms with Gasteiger partial charge in [-0.25, -0.2) is 13.1 Å². The van der Waals surface area contributed by atoms with Gasteiger partial charge >= 0.3 is 0 Å². The van der Waals surface area contributed by atoms with Crippen LogP contribution in [0.5, 0.6) is 5.75 Å². The molecule has 1 saturated carbocycles. The third kappa shape index (κ3) is 5.33. The molecule has 3 rings (SSSR count). The molecule has 0 unspecified atom stereocenters. The topological polar surface area (TPSA) is 75.7 Å². The van der Waals surface area contributed by atoms with E-state index < -0.39 is 10.0 Å². The van der Waals surface area contributed by atoms with E-state index in [1.807, 2.05) is 30.3 Å². The number of carbonyl (C=O) groups excluding carboxylic acids is 1. The SMILES string of the molecule is CN(C(=O)COc1ccc(S(=O)(=O)NC2CCCCC2)cc1)c1ccccc1. The largest absolute Gasteiger partial charge is 0.484 e. The van der Waals surface area contributed by atoms with Crippen LogP contribution in [-0.4, -0.2) is 34.0 Å². The van der Waals surface area contributed by atoms with Crippen molar-refractivity contribution < 1.29 is 17.9 Å². The molecule has 2 aromatic carbocycles. The van der Waals surface area contributed by atoms with E-state index in [-0.39, 0.29) is 23.5 Å². The zero-order valence-corrected chi connectivity index (χ0v) is 16.8. The van der Waals surface area contributed by atoms with Crippen molar-refractivity contribution in [2.24, 2.45) is 0 Å². The molecule has 0 atom stereocenters. The number of anilines is 1. The lowest BCUT2D eigenvalue weighted by Crippen LogP contribution is -2.36. The summed E-state index contributed by atoms with van der Waals surface area (Å²) in [6, 6.07) is 15.5. The number of carbonyl (C=O) groups is 1. The van der Waals surface area contributed by atoms with Crippen LogP contribution in [0.15, 0.2) is 59.5 Å². The lowest BCUT2D eigenvalue weighted by molar-refractivity contribution is -0.120. The van der Waals surface area contributed by atoms with Crippen molar-refractivity contribution in [3.05, 3.63) is 54.6 Å². The van der Waals surface area contributed by atoms with E-state index in [0.29, 0.717) is 5.75 Å². The van der Waals surface area contributed by atoms with Crippen LogP contribution in [0.1, 0.15) is 32.1 Å². The number of ether oxygens (including phenoxy) is 1. The number of benzene rings is 2. The van der Waals surface area contributed by atoms with Gasteiger partial charge < -0.3 is 9.64 Å². The second-order valence-corrected chi connectivity index (χ2v) is 8.72. The molecule has 0 aliphatic heterocycles. The van der Waals surface area contributed by atoms with Gasteiger partial charge in [-0.15, -0.1) is 0 Å². The van der Waals surface area contributed by atoms with Gasteiger partial charge in [-0.2, -0.15) is 0 Å². The van der Waals surface area contributed by atoms with Gasteiger partial charge in [0.25, 0.3) is 5.91 Å². The van der Waals surface area contributed by atoms with E-state index in [2.05, 4.69) is 4.72 Å². The summed E-state index contributed by atoms with van der Waals surface area (Å²) in [7, 11) is -1.85. The number of likely N-dealkylation sites (N-methyl/N-ethyl adjacent to an activating group) is 1. The number of sulfonamides is 1. The molecule has 0 saturated heterocycles. The van der Waals surface area contributed by atoms with Gasteiger partial charge in [-0.05, 0) is 49.2 Å². The highest BCUT2D eigenvalue weighted by Gasteiger charge is 2.21. The van der Waals surface area contributed by atoms with E-state index in [9.17, 15) is 13.2 Å². The van der Waals surface area contributed by atoms with Crippen LogP contribution >= 0.6 is 0 Å². The summed E-state index contributed by atoms with van der Waals surface area (Å²) in [6.07, 6.45) is 5.06. The third-order valence-electron chi connectivity index (χ3n) is 4.94. The quantitative estimate of drug-likeness (QED) is 0.771. The van der Waals surface area contributed by atoms with Gasteiger partial charge in [0.1, 0.15) is 5.75 Å². The Hall–Kier alpha value is -2.38. The van der Waals surface area contributed by atoms with Gasteiger partial charge in [-0.3, -0.25) is 4.79 Å². The summed E-state index contributed by atoms with van der Waals surface area (Å²) in [5.74, 6) is 0.258. The Morgan fingerprint density at radius 2 is 1.68 bits per heavy atom. The van der Waals surface area contributed by atoms with E-state index in [1.54, 1.807) is 19.2 Å². The molecule has 0 aromatic heterocycles. The number of hydrogen-bond donors (Lipinski definition) is 1. The normalized spacial score (nSPS) is 15.2. The first-order chi connectivity index (χ1) is 13.5. The molecule has 28 heavy (non-hydrogen) atoms. The van der Waals surface area contributed by atoms with Crippen LogP contribution < -0.4 is 14.4 Å². The highest BCUT2D eigenvalue weighted by molar-refractivity contribution is 7.89. The molecule has 0 spiro atoms. The maximum Gasteiger partial charge on any atom is 0.264 e. The Bertz CT molecular complexity index is 876. The number of nitrogens with zero attached hydrogens (tertiary/aromatic N) is 1. The van der Waals surface area contributed by atoms with Crippen molar-refractivity contribution in [2.75, 3.05) is 18.6 Å². The Kier molecular flexibility index (Phi) is 6.70. The lowest BCUT2D eigenvalue weighted by atomic mass is 9.96. The fourth-order valence-corrected chi connectivity index (χ4v) is 4.57. The van der Waals surface area contributed by atoms with Crippen molar-refractivity contribution in [1.29, 1.82) is 0 Å². The van der Waals surface area contributed by atoms with Gasteiger partial charge in [0, 0.05) is 18.8 Å². The fraction of sp³-hybridized carbons (Fsp3) is 0.381. The third-order valence-corrected chi connectivity index (χ3v) is 6.48. The molecular formula is C21H26N2O4S. The van der Waals surface area contributed by atoms with Gasteiger partial charge in [0.15, 0.2) is 6.61 Å². The van der Waals surface area contributed by atoms with E-state index in [4.69, 9.17) is 4.74 Å². The Morgan fingerprint density at radius 3 is 2.32 bits per heavy atom. The fourth-order valence-electron chi connectivity index (χ4n) is 3.26. The number of nitrogens with one attached hydrogen (secondary N) is 1. The zero-order chi connectivity index (χ0) is 20.0. The first-order valence-electron chi connectivity index (χ1n) is 9.52. The molecule has 1 fully saturated rings. The molecular weight excluding hydrogens is 376 g/mol. The molecule has 7 heteroatoms. The summed E-state index contributed by atoms with van der Waals surface area (Å²) in [5.41, 5.74) is 0.784. The molecule has 1 aliphatic carbocycles. The summed E-state index contributed by atoms with van der Waals surface area (Å²) < 4.78 is 33.3. The molecule has 150 valence electrons. The second-order valence-electron chi connectivity index (χ2n) is 7.00. The smallest absolute Gasteiger partial charge is 0.264 e. The Balaban J connectivity index is 1.56. The molecule has 6 nitrogen and oxygen atoms in total. The lowest BCUT2D eigenvalue weighted by Gasteiger charge is -2.22. The summed E-state index contributed by atoms with van der Waals surface area (Å²) in [6.45, 7) is -0.127. The van der Waals surface area contributed by atoms with Crippen LogP contribution in [0.25, 0.3) is 0 Å². The minimum atomic E-state index is -3.54. The maximum atomic E-state index is 12.5. The second kappa shape index (κ2) is 9.21. The Morgan fingerprint density at radius 1 is 1.04 bits per heavy atom. The van der Waals surface area contributed by atoms with E-state index >= 15 is 0 Å². The molecule has 1 N–H and O–H groups in total. The van der Waals surface area contributed by atoms with Gasteiger partial charge in [0.2, 0.25) is 10.0 Å². The molecule has 1 aliphatic rings. The summed E-state index contributed by atoms with van der Waals surface area (Å²) >= 11 is 0. The first kappa shape index (κ1) is 20.4. The number of para-hydroxylation sites is 1.